The molecule has 6 nitrogen and oxygen atoms in total. The van der Waals surface area contributed by atoms with E-state index in [-0.39, 0.29) is 16.9 Å². The van der Waals surface area contributed by atoms with E-state index in [1.807, 2.05) is 17.9 Å². The second-order valence-corrected chi connectivity index (χ2v) is 7.24. The highest BCUT2D eigenvalue weighted by Gasteiger charge is 2.19. The van der Waals surface area contributed by atoms with Crippen molar-refractivity contribution in [2.75, 3.05) is 25.0 Å². The molecule has 2 aromatic rings. The van der Waals surface area contributed by atoms with E-state index in [9.17, 15) is 9.59 Å². The van der Waals surface area contributed by atoms with Gasteiger partial charge in [-0.25, -0.2) is 0 Å². The Balaban J connectivity index is 1.58. The smallest absolute Gasteiger partial charge is 0.261 e. The fourth-order valence-corrected chi connectivity index (χ4v) is 3.33. The maximum Gasteiger partial charge on any atom is 0.261 e. The van der Waals surface area contributed by atoms with Gasteiger partial charge in [0.05, 0.1) is 12.2 Å². The number of nitrogens with one attached hydrogen (secondary N) is 2. The SMILES string of the molecule is CCCOc1ccccc1C(=O)NC(=S)Nc1ccc(C(=O)N2CCCC2)cc1. The fourth-order valence-electron chi connectivity index (χ4n) is 3.12. The van der Waals surface area contributed by atoms with Gasteiger partial charge in [0.2, 0.25) is 0 Å². The van der Waals surface area contributed by atoms with Crippen LogP contribution in [-0.4, -0.2) is 41.5 Å². The van der Waals surface area contributed by atoms with E-state index in [4.69, 9.17) is 17.0 Å². The highest BCUT2D eigenvalue weighted by molar-refractivity contribution is 7.80. The van der Waals surface area contributed by atoms with Crippen LogP contribution in [0.3, 0.4) is 0 Å². The molecule has 0 atom stereocenters. The number of rotatable bonds is 6. The Morgan fingerprint density at radius 1 is 1.07 bits per heavy atom. The molecule has 0 unspecified atom stereocenters. The summed E-state index contributed by atoms with van der Waals surface area (Å²) in [5.41, 5.74) is 1.77. The van der Waals surface area contributed by atoms with E-state index in [2.05, 4.69) is 10.6 Å². The highest BCUT2D eigenvalue weighted by atomic mass is 32.1. The minimum Gasteiger partial charge on any atom is -0.493 e. The molecule has 0 spiro atoms. The van der Waals surface area contributed by atoms with Gasteiger partial charge in [-0.1, -0.05) is 19.1 Å². The number of hydrogen-bond acceptors (Lipinski definition) is 4. The number of amides is 2. The second kappa shape index (κ2) is 10.0. The number of likely N-dealkylation sites (tertiary alicyclic amines) is 1. The number of nitrogens with zero attached hydrogens (tertiary/aromatic N) is 1. The minimum atomic E-state index is -0.338. The zero-order chi connectivity index (χ0) is 20.6. The molecule has 152 valence electrons. The summed E-state index contributed by atoms with van der Waals surface area (Å²) in [6, 6.07) is 14.1. The first-order valence-electron chi connectivity index (χ1n) is 9.82. The van der Waals surface area contributed by atoms with Crippen molar-refractivity contribution in [2.45, 2.75) is 26.2 Å². The highest BCUT2D eigenvalue weighted by Crippen LogP contribution is 2.18. The molecule has 2 N–H and O–H groups in total. The molecule has 0 bridgehead atoms. The average Bonchev–Trinajstić information content (AvgIpc) is 3.27. The molecule has 7 heteroatoms. The molecule has 1 aliphatic heterocycles. The molecule has 2 amide bonds. The van der Waals surface area contributed by atoms with Crippen molar-refractivity contribution in [1.82, 2.24) is 10.2 Å². The Morgan fingerprint density at radius 3 is 2.45 bits per heavy atom. The molecule has 1 aliphatic rings. The molecular weight excluding hydrogens is 386 g/mol. The Kier molecular flexibility index (Phi) is 7.19. The third-order valence-electron chi connectivity index (χ3n) is 4.60. The van der Waals surface area contributed by atoms with Gasteiger partial charge < -0.3 is 15.0 Å². The Morgan fingerprint density at radius 2 is 1.76 bits per heavy atom. The topological polar surface area (TPSA) is 70.7 Å². The number of benzene rings is 2. The van der Waals surface area contributed by atoms with Crippen LogP contribution in [-0.2, 0) is 0 Å². The molecular formula is C22H25N3O3S. The van der Waals surface area contributed by atoms with Gasteiger partial charge in [0, 0.05) is 24.3 Å². The lowest BCUT2D eigenvalue weighted by atomic mass is 10.2. The van der Waals surface area contributed by atoms with Gasteiger partial charge in [-0.2, -0.15) is 0 Å². The summed E-state index contributed by atoms with van der Waals surface area (Å²) < 4.78 is 5.62. The maximum absolute atomic E-state index is 12.6. The van der Waals surface area contributed by atoms with Crippen LogP contribution >= 0.6 is 12.2 Å². The van der Waals surface area contributed by atoms with Gasteiger partial charge in [-0.15, -0.1) is 0 Å². The quantitative estimate of drug-likeness (QED) is 0.707. The number of anilines is 1. The van der Waals surface area contributed by atoms with Gasteiger partial charge in [-0.3, -0.25) is 14.9 Å². The summed E-state index contributed by atoms with van der Waals surface area (Å²) >= 11 is 5.26. The Hall–Kier alpha value is -2.93. The summed E-state index contributed by atoms with van der Waals surface area (Å²) in [7, 11) is 0. The molecule has 1 fully saturated rings. The molecule has 0 aliphatic carbocycles. The summed E-state index contributed by atoms with van der Waals surface area (Å²) in [6.07, 6.45) is 2.98. The monoisotopic (exact) mass is 411 g/mol. The van der Waals surface area contributed by atoms with E-state index in [0.29, 0.717) is 29.2 Å². The predicted molar refractivity (Wildman–Crippen MR) is 117 cm³/mol. The first-order chi connectivity index (χ1) is 14.1. The van der Waals surface area contributed by atoms with Crippen LogP contribution in [0.5, 0.6) is 5.75 Å². The minimum absolute atomic E-state index is 0.0496. The Labute approximate surface area is 176 Å². The third-order valence-corrected chi connectivity index (χ3v) is 4.81. The lowest BCUT2D eigenvalue weighted by Gasteiger charge is -2.16. The fraction of sp³-hybridized carbons (Fsp3) is 0.318. The van der Waals surface area contributed by atoms with Crippen LogP contribution in [0.1, 0.15) is 46.9 Å². The molecule has 1 saturated heterocycles. The number of thiocarbonyl (C=S) groups is 1. The van der Waals surface area contributed by atoms with Crippen molar-refractivity contribution >= 4 is 34.8 Å². The van der Waals surface area contributed by atoms with Crippen LogP contribution in [0.15, 0.2) is 48.5 Å². The number of carbonyl (C=O) groups excluding carboxylic acids is 2. The Bertz CT molecular complexity index is 877. The summed E-state index contributed by atoms with van der Waals surface area (Å²) in [6.45, 7) is 4.18. The van der Waals surface area contributed by atoms with Crippen molar-refractivity contribution in [3.05, 3.63) is 59.7 Å². The van der Waals surface area contributed by atoms with Crippen LogP contribution in [0.25, 0.3) is 0 Å². The first kappa shape index (κ1) is 20.8. The average molecular weight is 412 g/mol. The molecule has 29 heavy (non-hydrogen) atoms. The molecule has 2 aromatic carbocycles. The zero-order valence-corrected chi connectivity index (χ0v) is 17.3. The van der Waals surface area contributed by atoms with Crippen molar-refractivity contribution in [1.29, 1.82) is 0 Å². The summed E-state index contributed by atoms with van der Waals surface area (Å²) in [4.78, 5) is 26.8. The number of ether oxygens (including phenoxy) is 1. The lowest BCUT2D eigenvalue weighted by molar-refractivity contribution is 0.0792. The maximum atomic E-state index is 12.6. The van der Waals surface area contributed by atoms with Gasteiger partial charge in [-0.05, 0) is 67.9 Å². The van der Waals surface area contributed by atoms with E-state index >= 15 is 0 Å². The molecule has 0 radical (unpaired) electrons. The number of para-hydroxylation sites is 1. The zero-order valence-electron chi connectivity index (χ0n) is 16.4. The van der Waals surface area contributed by atoms with Crippen molar-refractivity contribution < 1.29 is 14.3 Å². The van der Waals surface area contributed by atoms with E-state index < -0.39 is 0 Å². The summed E-state index contributed by atoms with van der Waals surface area (Å²) in [5, 5.41) is 5.82. The van der Waals surface area contributed by atoms with Gasteiger partial charge >= 0.3 is 0 Å². The third kappa shape index (κ3) is 5.54. The van der Waals surface area contributed by atoms with Crippen molar-refractivity contribution in [3.63, 3.8) is 0 Å². The first-order valence-corrected chi connectivity index (χ1v) is 10.2. The van der Waals surface area contributed by atoms with Crippen LogP contribution < -0.4 is 15.4 Å². The molecule has 1 heterocycles. The van der Waals surface area contributed by atoms with Crippen molar-refractivity contribution in [2.24, 2.45) is 0 Å². The standard InChI is InChI=1S/C22H25N3O3S/c1-2-15-28-19-8-4-3-7-18(19)20(26)24-22(29)23-17-11-9-16(10-12-17)21(27)25-13-5-6-14-25/h3-4,7-12H,2,5-6,13-15H2,1H3,(H2,23,24,26,29). The van der Waals surface area contributed by atoms with E-state index in [1.54, 1.807) is 42.5 Å². The number of hydrogen-bond donors (Lipinski definition) is 2. The molecule has 0 saturated carbocycles. The van der Waals surface area contributed by atoms with Crippen LogP contribution in [0.4, 0.5) is 5.69 Å². The van der Waals surface area contributed by atoms with Crippen molar-refractivity contribution in [3.8, 4) is 5.75 Å². The normalized spacial score (nSPS) is 13.1. The largest absolute Gasteiger partial charge is 0.493 e. The molecule has 0 aromatic heterocycles. The molecule has 3 rings (SSSR count). The van der Waals surface area contributed by atoms with Gasteiger partial charge in [0.1, 0.15) is 5.75 Å². The lowest BCUT2D eigenvalue weighted by Crippen LogP contribution is -2.34. The van der Waals surface area contributed by atoms with Gasteiger partial charge in [0.15, 0.2) is 5.11 Å². The van der Waals surface area contributed by atoms with Crippen LogP contribution in [0.2, 0.25) is 0 Å². The van der Waals surface area contributed by atoms with E-state index in [1.165, 1.54) is 0 Å². The van der Waals surface area contributed by atoms with Gasteiger partial charge in [0.25, 0.3) is 11.8 Å². The predicted octanol–water partition coefficient (Wildman–Crippen LogP) is 3.84. The van der Waals surface area contributed by atoms with Crippen LogP contribution in [0, 0.1) is 0 Å². The second-order valence-electron chi connectivity index (χ2n) is 6.83. The summed E-state index contributed by atoms with van der Waals surface area (Å²) in [5.74, 6) is 0.239. The van der Waals surface area contributed by atoms with E-state index in [0.717, 1.165) is 32.4 Å². The number of carbonyl (C=O) groups is 2.